The molecule has 4 heteroatoms. The smallest absolute Gasteiger partial charge is 0.178 e. The molecular weight excluding hydrogens is 290 g/mol. The van der Waals surface area contributed by atoms with Crippen molar-refractivity contribution in [2.24, 2.45) is 40.9 Å². The van der Waals surface area contributed by atoms with Gasteiger partial charge in [0, 0.05) is 11.8 Å². The van der Waals surface area contributed by atoms with Gasteiger partial charge >= 0.3 is 0 Å². The molecule has 0 radical (unpaired) electrons. The third-order valence-corrected chi connectivity index (χ3v) is 7.39. The highest BCUT2D eigenvalue weighted by atomic mass is 16.6. The molecule has 0 aliphatic heterocycles. The molecule has 3 N–H and O–H groups in total. The molecule has 0 spiro atoms. The summed E-state index contributed by atoms with van der Waals surface area (Å²) in [7, 11) is 0. The molecule has 0 amide bonds. The number of rotatable bonds is 2. The third-order valence-electron chi connectivity index (χ3n) is 7.39. The average molecular weight is 317 g/mol. The van der Waals surface area contributed by atoms with Gasteiger partial charge in [0.1, 0.15) is 0 Å². The second kappa shape index (κ2) is 5.54. The molecule has 3 fully saturated rings. The molecule has 126 valence electrons. The quantitative estimate of drug-likeness (QED) is 0.767. The van der Waals surface area contributed by atoms with Gasteiger partial charge in [0.2, 0.25) is 0 Å². The monoisotopic (exact) mass is 317 g/mol. The first-order valence-corrected chi connectivity index (χ1v) is 8.98. The van der Waals surface area contributed by atoms with Crippen LogP contribution in [-0.2, 0) is 9.63 Å². The van der Waals surface area contributed by atoms with Gasteiger partial charge in [-0.05, 0) is 67.4 Å². The van der Waals surface area contributed by atoms with Gasteiger partial charge in [-0.3, -0.25) is 4.79 Å². The van der Waals surface area contributed by atoms with E-state index in [4.69, 9.17) is 10.7 Å². The molecule has 23 heavy (non-hydrogen) atoms. The minimum absolute atomic E-state index is 0.0741. The third kappa shape index (κ3) is 2.26. The summed E-state index contributed by atoms with van der Waals surface area (Å²) in [6.07, 6.45) is 10.9. The van der Waals surface area contributed by atoms with Crippen LogP contribution in [0.5, 0.6) is 0 Å². The van der Waals surface area contributed by atoms with Crippen LogP contribution in [0.3, 0.4) is 0 Å². The van der Waals surface area contributed by atoms with Crippen LogP contribution in [0.2, 0.25) is 0 Å². The number of aliphatic hydroxyl groups excluding tert-OH is 1. The fourth-order valence-corrected chi connectivity index (χ4v) is 6.22. The number of nitrogens with two attached hydrogens (primary N) is 1. The number of carbonyl (C=O) groups excluding carboxylic acids is 1. The Balaban J connectivity index is 1.68. The van der Waals surface area contributed by atoms with Gasteiger partial charge in [-0.2, -0.15) is 0 Å². The maximum atomic E-state index is 11.8. The number of carbonyl (C=O) groups is 1. The molecule has 0 heterocycles. The molecule has 4 aliphatic carbocycles. The van der Waals surface area contributed by atoms with Crippen LogP contribution in [0, 0.1) is 35.0 Å². The first kappa shape index (κ1) is 15.6. The van der Waals surface area contributed by atoms with E-state index in [1.54, 1.807) is 6.08 Å². The van der Waals surface area contributed by atoms with Crippen LogP contribution in [0.25, 0.3) is 0 Å². The molecule has 3 saturated carbocycles. The molecule has 1 unspecified atom stereocenters. The first-order valence-electron chi connectivity index (χ1n) is 8.98. The zero-order valence-electron chi connectivity index (χ0n) is 13.8. The van der Waals surface area contributed by atoms with Gasteiger partial charge < -0.3 is 9.94 Å². The van der Waals surface area contributed by atoms with E-state index in [0.717, 1.165) is 32.1 Å². The van der Waals surface area contributed by atoms with E-state index >= 15 is 0 Å². The van der Waals surface area contributed by atoms with E-state index < -0.39 is 0 Å². The van der Waals surface area contributed by atoms with Gasteiger partial charge in [-0.25, -0.2) is 5.90 Å². The van der Waals surface area contributed by atoms with E-state index in [9.17, 15) is 9.90 Å². The number of hydrogen-bond donors (Lipinski definition) is 2. The molecule has 0 aromatic carbocycles. The van der Waals surface area contributed by atoms with Gasteiger partial charge in [0.25, 0.3) is 0 Å². The predicted molar refractivity (Wildman–Crippen MR) is 87.0 cm³/mol. The standard InChI is InChI=1S/C19H27NO3/c1-19-7-6-14-13-3-2-12(21)9-15(13)11(10-23-20)8-16(14)17(19)4-5-18(19)22/h2-3,9,11,13-14,16-18,22H,4-8,10,20H2,1H3/t11-,13?,14+,16+,17-,18-,19-/m0/s1. The lowest BCUT2D eigenvalue weighted by molar-refractivity contribution is -0.111. The largest absolute Gasteiger partial charge is 0.393 e. The van der Waals surface area contributed by atoms with E-state index in [0.29, 0.717) is 30.3 Å². The van der Waals surface area contributed by atoms with Gasteiger partial charge in [0.05, 0.1) is 12.7 Å². The second-order valence-electron chi connectivity index (χ2n) is 8.27. The molecule has 4 aliphatic rings. The molecule has 4 nitrogen and oxygen atoms in total. The van der Waals surface area contributed by atoms with Crippen molar-refractivity contribution in [1.29, 1.82) is 0 Å². The highest BCUT2D eigenvalue weighted by molar-refractivity contribution is 6.01. The summed E-state index contributed by atoms with van der Waals surface area (Å²) in [4.78, 5) is 16.8. The lowest BCUT2D eigenvalue weighted by Crippen LogP contribution is -2.49. The normalized spacial score (nSPS) is 48.5. The van der Waals surface area contributed by atoms with Crippen molar-refractivity contribution < 1.29 is 14.7 Å². The van der Waals surface area contributed by atoms with Crippen LogP contribution < -0.4 is 5.90 Å². The highest BCUT2D eigenvalue weighted by Crippen LogP contribution is 2.62. The fraction of sp³-hybridized carbons (Fsp3) is 0.737. The molecule has 0 bridgehead atoms. The molecule has 0 aromatic heterocycles. The second-order valence-corrected chi connectivity index (χ2v) is 8.27. The number of hydrogen-bond acceptors (Lipinski definition) is 4. The van der Waals surface area contributed by atoms with Gasteiger partial charge in [-0.1, -0.05) is 18.6 Å². The first-order chi connectivity index (χ1) is 11.0. The van der Waals surface area contributed by atoms with Crippen molar-refractivity contribution in [3.8, 4) is 0 Å². The maximum absolute atomic E-state index is 11.8. The fourth-order valence-electron chi connectivity index (χ4n) is 6.22. The van der Waals surface area contributed by atoms with Crippen molar-refractivity contribution in [2.75, 3.05) is 6.61 Å². The number of ketones is 1. The Morgan fingerprint density at radius 1 is 1.35 bits per heavy atom. The zero-order chi connectivity index (χ0) is 16.2. The Bertz CT molecular complexity index is 569. The maximum Gasteiger partial charge on any atom is 0.178 e. The highest BCUT2D eigenvalue weighted by Gasteiger charge is 2.56. The van der Waals surface area contributed by atoms with Crippen LogP contribution in [0.15, 0.2) is 23.8 Å². The minimum Gasteiger partial charge on any atom is -0.393 e. The molecular formula is C19H27NO3. The topological polar surface area (TPSA) is 72.5 Å². The summed E-state index contributed by atoms with van der Waals surface area (Å²) in [6.45, 7) is 2.77. The summed E-state index contributed by atoms with van der Waals surface area (Å²) in [6, 6.07) is 0. The zero-order valence-corrected chi connectivity index (χ0v) is 13.8. The van der Waals surface area contributed by atoms with E-state index in [2.05, 4.69) is 13.0 Å². The Morgan fingerprint density at radius 3 is 2.96 bits per heavy atom. The SMILES string of the molecule is C[C@]12CC[C@@H]3C4C=CC(=O)C=C4[C@H](CON)C[C@H]3[C@@H]1CC[C@@H]2O. The van der Waals surface area contributed by atoms with Crippen molar-refractivity contribution in [1.82, 2.24) is 0 Å². The van der Waals surface area contributed by atoms with E-state index in [1.165, 1.54) is 5.57 Å². The summed E-state index contributed by atoms with van der Waals surface area (Å²) in [5, 5.41) is 10.5. The van der Waals surface area contributed by atoms with Crippen LogP contribution in [0.4, 0.5) is 0 Å². The predicted octanol–water partition coefficient (Wildman–Crippen LogP) is 2.38. The Kier molecular flexibility index (Phi) is 3.74. The molecule has 4 rings (SSSR count). The summed E-state index contributed by atoms with van der Waals surface area (Å²) >= 11 is 0. The van der Waals surface area contributed by atoms with Gasteiger partial charge in [-0.15, -0.1) is 0 Å². The van der Waals surface area contributed by atoms with Gasteiger partial charge in [0.15, 0.2) is 5.78 Å². The Morgan fingerprint density at radius 2 is 2.17 bits per heavy atom. The minimum atomic E-state index is -0.155. The lowest BCUT2D eigenvalue weighted by atomic mass is 9.51. The summed E-state index contributed by atoms with van der Waals surface area (Å²) in [5.41, 5.74) is 1.30. The van der Waals surface area contributed by atoms with E-state index in [1.807, 2.05) is 6.08 Å². The van der Waals surface area contributed by atoms with Crippen molar-refractivity contribution in [3.05, 3.63) is 23.8 Å². The summed E-state index contributed by atoms with van der Waals surface area (Å²) < 4.78 is 0. The molecule has 7 atom stereocenters. The van der Waals surface area contributed by atoms with Crippen LogP contribution in [-0.4, -0.2) is 23.6 Å². The lowest BCUT2D eigenvalue weighted by Gasteiger charge is -2.54. The summed E-state index contributed by atoms with van der Waals surface area (Å²) in [5.74, 6) is 7.84. The van der Waals surface area contributed by atoms with Crippen LogP contribution in [0.1, 0.15) is 39.0 Å². The average Bonchev–Trinajstić information content (AvgIpc) is 2.83. The van der Waals surface area contributed by atoms with Crippen LogP contribution >= 0.6 is 0 Å². The Hall–Kier alpha value is -0.970. The number of aliphatic hydroxyl groups is 1. The van der Waals surface area contributed by atoms with Crippen molar-refractivity contribution >= 4 is 5.78 Å². The van der Waals surface area contributed by atoms with Crippen molar-refractivity contribution in [2.45, 2.75) is 45.1 Å². The molecule has 0 aromatic rings. The number of fused-ring (bicyclic) bond motifs is 5. The van der Waals surface area contributed by atoms with E-state index in [-0.39, 0.29) is 23.2 Å². The Labute approximate surface area is 137 Å². The molecule has 0 saturated heterocycles. The van der Waals surface area contributed by atoms with Crippen molar-refractivity contribution in [3.63, 3.8) is 0 Å². The number of allylic oxidation sites excluding steroid dienone is 3.